The van der Waals surface area contributed by atoms with Crippen molar-refractivity contribution in [1.82, 2.24) is 10.0 Å². The SMILES string of the molecule is CCNS(=O)(=O)c1ccc(CCNC(=O)CCS(C)(=O)=O)cc1. The Morgan fingerprint density at radius 1 is 1.09 bits per heavy atom. The van der Waals surface area contributed by atoms with Gasteiger partial charge in [-0.2, -0.15) is 0 Å². The molecule has 0 aromatic heterocycles. The largest absolute Gasteiger partial charge is 0.356 e. The summed E-state index contributed by atoms with van der Waals surface area (Å²) in [5.74, 6) is -0.489. The maximum absolute atomic E-state index is 11.8. The van der Waals surface area contributed by atoms with Gasteiger partial charge in [-0.15, -0.1) is 0 Å². The summed E-state index contributed by atoms with van der Waals surface area (Å²) in [5, 5.41) is 2.63. The van der Waals surface area contributed by atoms with Crippen LogP contribution in [-0.4, -0.2) is 47.8 Å². The van der Waals surface area contributed by atoms with Crippen LogP contribution < -0.4 is 10.0 Å². The maximum atomic E-state index is 11.8. The molecule has 0 saturated heterocycles. The van der Waals surface area contributed by atoms with Crippen molar-refractivity contribution < 1.29 is 21.6 Å². The Hall–Kier alpha value is -1.45. The Bertz CT molecular complexity index is 725. The molecule has 130 valence electrons. The van der Waals surface area contributed by atoms with E-state index in [0.717, 1.165) is 11.8 Å². The first-order valence-corrected chi connectivity index (χ1v) is 10.7. The third kappa shape index (κ3) is 7.58. The molecule has 0 saturated carbocycles. The number of hydrogen-bond acceptors (Lipinski definition) is 5. The van der Waals surface area contributed by atoms with Crippen molar-refractivity contribution in [3.05, 3.63) is 29.8 Å². The zero-order valence-corrected chi connectivity index (χ0v) is 14.8. The third-order valence-electron chi connectivity index (χ3n) is 3.00. The Kier molecular flexibility index (Phi) is 7.17. The van der Waals surface area contributed by atoms with Gasteiger partial charge in [-0.05, 0) is 24.1 Å². The Balaban J connectivity index is 2.46. The van der Waals surface area contributed by atoms with Crippen molar-refractivity contribution >= 4 is 25.8 Å². The van der Waals surface area contributed by atoms with Crippen LogP contribution in [0.15, 0.2) is 29.2 Å². The van der Waals surface area contributed by atoms with E-state index in [1.54, 1.807) is 19.1 Å². The smallest absolute Gasteiger partial charge is 0.240 e. The Labute approximate surface area is 137 Å². The highest BCUT2D eigenvalue weighted by Gasteiger charge is 2.12. The monoisotopic (exact) mass is 362 g/mol. The lowest BCUT2D eigenvalue weighted by atomic mass is 10.1. The summed E-state index contributed by atoms with van der Waals surface area (Å²) in [6.45, 7) is 2.39. The van der Waals surface area contributed by atoms with Crippen molar-refractivity contribution in [1.29, 1.82) is 0 Å². The van der Waals surface area contributed by atoms with Crippen molar-refractivity contribution in [3.8, 4) is 0 Å². The highest BCUT2D eigenvalue weighted by Crippen LogP contribution is 2.10. The molecule has 2 N–H and O–H groups in total. The molecular formula is C14H22N2O5S2. The summed E-state index contributed by atoms with van der Waals surface area (Å²) in [7, 11) is -6.60. The van der Waals surface area contributed by atoms with E-state index in [0.29, 0.717) is 19.5 Å². The maximum Gasteiger partial charge on any atom is 0.240 e. The van der Waals surface area contributed by atoms with E-state index in [9.17, 15) is 21.6 Å². The number of sulfone groups is 1. The Morgan fingerprint density at radius 3 is 2.22 bits per heavy atom. The van der Waals surface area contributed by atoms with Crippen LogP contribution in [0.25, 0.3) is 0 Å². The summed E-state index contributed by atoms with van der Waals surface area (Å²) in [4.78, 5) is 11.7. The van der Waals surface area contributed by atoms with Crippen molar-refractivity contribution in [3.63, 3.8) is 0 Å². The van der Waals surface area contributed by atoms with Gasteiger partial charge in [0.2, 0.25) is 15.9 Å². The van der Waals surface area contributed by atoms with E-state index in [1.165, 1.54) is 12.1 Å². The van der Waals surface area contributed by atoms with Gasteiger partial charge in [0, 0.05) is 25.8 Å². The molecule has 1 rings (SSSR count). The molecule has 1 amide bonds. The second-order valence-electron chi connectivity index (χ2n) is 5.13. The van der Waals surface area contributed by atoms with Gasteiger partial charge in [0.15, 0.2) is 0 Å². The number of amides is 1. The number of sulfonamides is 1. The van der Waals surface area contributed by atoms with Gasteiger partial charge >= 0.3 is 0 Å². The van der Waals surface area contributed by atoms with Gasteiger partial charge in [0.25, 0.3) is 0 Å². The second kappa shape index (κ2) is 8.42. The fourth-order valence-electron chi connectivity index (χ4n) is 1.82. The predicted molar refractivity (Wildman–Crippen MR) is 88.3 cm³/mol. The first-order valence-electron chi connectivity index (χ1n) is 7.17. The average molecular weight is 362 g/mol. The van der Waals surface area contributed by atoms with Crippen molar-refractivity contribution in [2.24, 2.45) is 0 Å². The van der Waals surface area contributed by atoms with Gasteiger partial charge in [0.05, 0.1) is 10.6 Å². The zero-order chi connectivity index (χ0) is 17.5. The summed E-state index contributed by atoms with van der Waals surface area (Å²) in [6.07, 6.45) is 1.56. The normalized spacial score (nSPS) is 12.1. The van der Waals surface area contributed by atoms with E-state index in [4.69, 9.17) is 0 Å². The molecular weight excluding hydrogens is 340 g/mol. The van der Waals surface area contributed by atoms with Gasteiger partial charge < -0.3 is 5.32 Å². The lowest BCUT2D eigenvalue weighted by molar-refractivity contribution is -0.120. The number of nitrogens with one attached hydrogen (secondary N) is 2. The molecule has 0 unspecified atom stereocenters. The Morgan fingerprint density at radius 2 is 1.70 bits per heavy atom. The molecule has 1 aromatic rings. The standard InChI is InChI=1S/C14H22N2O5S2/c1-3-16-23(20,21)13-6-4-12(5-7-13)8-10-15-14(17)9-11-22(2,18)19/h4-7,16H,3,8-11H2,1-2H3,(H,15,17). The fraction of sp³-hybridized carbons (Fsp3) is 0.500. The van der Waals surface area contributed by atoms with Gasteiger partial charge in [-0.1, -0.05) is 19.1 Å². The van der Waals surface area contributed by atoms with E-state index in [2.05, 4.69) is 10.0 Å². The highest BCUT2D eigenvalue weighted by molar-refractivity contribution is 7.90. The van der Waals surface area contributed by atoms with E-state index in [-0.39, 0.29) is 23.0 Å². The minimum Gasteiger partial charge on any atom is -0.356 e. The highest BCUT2D eigenvalue weighted by atomic mass is 32.2. The lowest BCUT2D eigenvalue weighted by Gasteiger charge is -2.07. The van der Waals surface area contributed by atoms with Crippen LogP contribution >= 0.6 is 0 Å². The number of rotatable bonds is 9. The summed E-state index contributed by atoms with van der Waals surface area (Å²) >= 11 is 0. The fourth-order valence-corrected chi connectivity index (χ4v) is 3.42. The molecule has 0 heterocycles. The molecule has 1 aromatic carbocycles. The summed E-state index contributed by atoms with van der Waals surface area (Å²) in [6, 6.07) is 6.40. The van der Waals surface area contributed by atoms with E-state index < -0.39 is 19.9 Å². The van der Waals surface area contributed by atoms with Crippen LogP contribution in [0.1, 0.15) is 18.9 Å². The summed E-state index contributed by atoms with van der Waals surface area (Å²) < 4.78 is 47.9. The number of carbonyl (C=O) groups is 1. The molecule has 0 radical (unpaired) electrons. The molecule has 0 aliphatic heterocycles. The van der Waals surface area contributed by atoms with Crippen molar-refractivity contribution in [2.45, 2.75) is 24.7 Å². The first kappa shape index (κ1) is 19.6. The van der Waals surface area contributed by atoms with Gasteiger partial charge in [-0.3, -0.25) is 4.79 Å². The zero-order valence-electron chi connectivity index (χ0n) is 13.2. The second-order valence-corrected chi connectivity index (χ2v) is 9.15. The minimum atomic E-state index is -3.46. The quantitative estimate of drug-likeness (QED) is 0.646. The lowest BCUT2D eigenvalue weighted by Crippen LogP contribution is -2.27. The van der Waals surface area contributed by atoms with Crippen LogP contribution in [0.3, 0.4) is 0 Å². The number of benzene rings is 1. The molecule has 0 spiro atoms. The molecule has 0 aliphatic rings. The van der Waals surface area contributed by atoms with E-state index >= 15 is 0 Å². The van der Waals surface area contributed by atoms with Crippen LogP contribution in [0.2, 0.25) is 0 Å². The van der Waals surface area contributed by atoms with Crippen LogP contribution in [0.5, 0.6) is 0 Å². The summed E-state index contributed by atoms with van der Waals surface area (Å²) in [5.41, 5.74) is 0.879. The molecule has 9 heteroatoms. The predicted octanol–water partition coefficient (Wildman–Crippen LogP) is 0.0782. The minimum absolute atomic E-state index is 0.0568. The van der Waals surface area contributed by atoms with Crippen LogP contribution in [0.4, 0.5) is 0 Å². The van der Waals surface area contributed by atoms with Crippen molar-refractivity contribution in [2.75, 3.05) is 25.1 Å². The number of hydrogen-bond donors (Lipinski definition) is 2. The molecule has 0 bridgehead atoms. The van der Waals surface area contributed by atoms with Crippen LogP contribution in [-0.2, 0) is 31.1 Å². The van der Waals surface area contributed by atoms with E-state index in [1.807, 2.05) is 0 Å². The third-order valence-corrected chi connectivity index (χ3v) is 5.51. The first-order chi connectivity index (χ1) is 10.6. The average Bonchev–Trinajstić information content (AvgIpc) is 2.45. The topological polar surface area (TPSA) is 109 Å². The molecule has 23 heavy (non-hydrogen) atoms. The number of carbonyl (C=O) groups excluding carboxylic acids is 1. The van der Waals surface area contributed by atoms with Gasteiger partial charge in [-0.25, -0.2) is 21.6 Å². The molecule has 7 nitrogen and oxygen atoms in total. The molecule has 0 fully saturated rings. The van der Waals surface area contributed by atoms with Crippen LogP contribution in [0, 0.1) is 0 Å². The van der Waals surface area contributed by atoms with Gasteiger partial charge in [0.1, 0.15) is 9.84 Å². The molecule has 0 atom stereocenters. The molecule has 0 aliphatic carbocycles.